The molecular weight excluding hydrogens is 336 g/mol. The summed E-state index contributed by atoms with van der Waals surface area (Å²) in [7, 11) is 0. The molecule has 1 aromatic heterocycles. The molecule has 23 heavy (non-hydrogen) atoms. The van der Waals surface area contributed by atoms with Gasteiger partial charge in [0.2, 0.25) is 0 Å². The SMILES string of the molecule is O=C(NCCC(O)c1ccsc1)C(=O)NCc1ccc(Cl)cc1. The second kappa shape index (κ2) is 8.67. The number of aliphatic hydroxyl groups is 1. The summed E-state index contributed by atoms with van der Waals surface area (Å²) >= 11 is 7.27. The molecule has 0 spiro atoms. The van der Waals surface area contributed by atoms with Crippen molar-refractivity contribution >= 4 is 34.8 Å². The number of nitrogens with one attached hydrogen (secondary N) is 2. The summed E-state index contributed by atoms with van der Waals surface area (Å²) in [5.74, 6) is -1.42. The van der Waals surface area contributed by atoms with E-state index in [4.69, 9.17) is 11.6 Å². The van der Waals surface area contributed by atoms with E-state index >= 15 is 0 Å². The summed E-state index contributed by atoms with van der Waals surface area (Å²) in [5.41, 5.74) is 1.67. The zero-order chi connectivity index (χ0) is 16.7. The van der Waals surface area contributed by atoms with Crippen molar-refractivity contribution in [1.29, 1.82) is 0 Å². The second-order valence-corrected chi connectivity index (χ2v) is 6.14. The first-order valence-corrected chi connectivity index (χ1v) is 8.39. The van der Waals surface area contributed by atoms with Crippen molar-refractivity contribution in [3.05, 3.63) is 57.2 Å². The van der Waals surface area contributed by atoms with Crippen molar-refractivity contribution in [2.75, 3.05) is 6.54 Å². The number of aliphatic hydroxyl groups excluding tert-OH is 1. The fraction of sp³-hybridized carbons (Fsp3) is 0.250. The number of carbonyl (C=O) groups excluding carboxylic acids is 2. The average molecular weight is 353 g/mol. The lowest BCUT2D eigenvalue weighted by atomic mass is 10.1. The number of carbonyl (C=O) groups is 2. The lowest BCUT2D eigenvalue weighted by Crippen LogP contribution is -2.40. The molecule has 0 radical (unpaired) electrons. The summed E-state index contributed by atoms with van der Waals surface area (Å²) in [6, 6.07) is 8.81. The highest BCUT2D eigenvalue weighted by atomic mass is 35.5. The molecule has 1 aromatic carbocycles. The highest BCUT2D eigenvalue weighted by molar-refractivity contribution is 7.07. The second-order valence-electron chi connectivity index (χ2n) is 4.93. The fourth-order valence-electron chi connectivity index (χ4n) is 1.90. The van der Waals surface area contributed by atoms with Crippen LogP contribution in [0, 0.1) is 0 Å². The topological polar surface area (TPSA) is 78.4 Å². The van der Waals surface area contributed by atoms with Crippen molar-refractivity contribution in [3.8, 4) is 0 Å². The quantitative estimate of drug-likeness (QED) is 0.698. The van der Waals surface area contributed by atoms with Gasteiger partial charge in [0.15, 0.2) is 0 Å². The molecule has 3 N–H and O–H groups in total. The first-order chi connectivity index (χ1) is 11.1. The van der Waals surface area contributed by atoms with Gasteiger partial charge in [0, 0.05) is 18.1 Å². The van der Waals surface area contributed by atoms with Crippen molar-refractivity contribution in [2.24, 2.45) is 0 Å². The molecule has 0 aliphatic carbocycles. The molecule has 1 heterocycles. The summed E-state index contributed by atoms with van der Waals surface area (Å²) in [6.07, 6.45) is -0.286. The number of benzene rings is 1. The Labute approximate surface area is 143 Å². The predicted molar refractivity (Wildman–Crippen MR) is 90.2 cm³/mol. The molecule has 7 heteroatoms. The van der Waals surface area contributed by atoms with Crippen LogP contribution in [0.1, 0.15) is 23.7 Å². The lowest BCUT2D eigenvalue weighted by Gasteiger charge is -2.10. The number of rotatable bonds is 6. The third kappa shape index (κ3) is 5.67. The van der Waals surface area contributed by atoms with E-state index in [0.717, 1.165) is 11.1 Å². The van der Waals surface area contributed by atoms with E-state index in [1.807, 2.05) is 16.8 Å². The summed E-state index contributed by atoms with van der Waals surface area (Å²) in [4.78, 5) is 23.3. The van der Waals surface area contributed by atoms with Gasteiger partial charge in [-0.05, 0) is 46.5 Å². The van der Waals surface area contributed by atoms with E-state index < -0.39 is 17.9 Å². The summed E-state index contributed by atoms with van der Waals surface area (Å²) in [6.45, 7) is 0.477. The molecule has 2 amide bonds. The summed E-state index contributed by atoms with van der Waals surface area (Å²) in [5, 5.41) is 19.2. The van der Waals surface area contributed by atoms with E-state index in [9.17, 15) is 14.7 Å². The van der Waals surface area contributed by atoms with Crippen molar-refractivity contribution in [2.45, 2.75) is 19.1 Å². The molecule has 0 saturated carbocycles. The maximum atomic E-state index is 11.7. The fourth-order valence-corrected chi connectivity index (χ4v) is 2.73. The van der Waals surface area contributed by atoms with Gasteiger partial charge >= 0.3 is 11.8 Å². The predicted octanol–water partition coefficient (Wildman–Crippen LogP) is 2.26. The average Bonchev–Trinajstić information content (AvgIpc) is 3.08. The maximum absolute atomic E-state index is 11.7. The summed E-state index contributed by atoms with van der Waals surface area (Å²) < 4.78 is 0. The molecule has 2 aromatic rings. The Kier molecular flexibility index (Phi) is 6.58. The van der Waals surface area contributed by atoms with Crippen LogP contribution < -0.4 is 10.6 Å². The molecule has 122 valence electrons. The molecule has 5 nitrogen and oxygen atoms in total. The molecule has 0 aliphatic rings. The zero-order valence-electron chi connectivity index (χ0n) is 12.3. The van der Waals surface area contributed by atoms with Gasteiger partial charge in [0.1, 0.15) is 0 Å². The Morgan fingerprint density at radius 1 is 1.13 bits per heavy atom. The number of thiophene rings is 1. The van der Waals surface area contributed by atoms with Crippen molar-refractivity contribution in [1.82, 2.24) is 10.6 Å². The van der Waals surface area contributed by atoms with Crippen LogP contribution in [-0.2, 0) is 16.1 Å². The Balaban J connectivity index is 1.68. The van der Waals surface area contributed by atoms with Gasteiger partial charge in [0.05, 0.1) is 6.10 Å². The van der Waals surface area contributed by atoms with Gasteiger partial charge in [-0.2, -0.15) is 11.3 Å². The number of hydrogen-bond donors (Lipinski definition) is 3. The Hall–Kier alpha value is -1.89. The molecule has 0 saturated heterocycles. The van der Waals surface area contributed by atoms with Gasteiger partial charge in [-0.1, -0.05) is 23.7 Å². The van der Waals surface area contributed by atoms with E-state index in [2.05, 4.69) is 10.6 Å². The van der Waals surface area contributed by atoms with Crippen LogP contribution in [0.4, 0.5) is 0 Å². The first-order valence-electron chi connectivity index (χ1n) is 7.07. The monoisotopic (exact) mass is 352 g/mol. The van der Waals surface area contributed by atoms with Crippen LogP contribution in [-0.4, -0.2) is 23.5 Å². The minimum Gasteiger partial charge on any atom is -0.388 e. The minimum atomic E-state index is -0.712. The normalized spacial score (nSPS) is 11.7. The molecule has 2 rings (SSSR count). The molecule has 0 bridgehead atoms. The molecular formula is C16H17ClN2O3S. The van der Waals surface area contributed by atoms with Crippen LogP contribution >= 0.6 is 22.9 Å². The highest BCUT2D eigenvalue weighted by Crippen LogP contribution is 2.18. The maximum Gasteiger partial charge on any atom is 0.309 e. The van der Waals surface area contributed by atoms with Gasteiger partial charge in [-0.3, -0.25) is 9.59 Å². The van der Waals surface area contributed by atoms with Crippen molar-refractivity contribution in [3.63, 3.8) is 0 Å². The Bertz CT molecular complexity index is 644. The third-order valence-electron chi connectivity index (χ3n) is 3.20. The molecule has 0 aliphatic heterocycles. The van der Waals surface area contributed by atoms with Gasteiger partial charge in [-0.25, -0.2) is 0 Å². The van der Waals surface area contributed by atoms with E-state index in [1.165, 1.54) is 11.3 Å². The molecule has 1 atom stereocenters. The van der Waals surface area contributed by atoms with E-state index in [-0.39, 0.29) is 13.1 Å². The van der Waals surface area contributed by atoms with E-state index in [0.29, 0.717) is 11.4 Å². The third-order valence-corrected chi connectivity index (χ3v) is 4.16. The smallest absolute Gasteiger partial charge is 0.309 e. The van der Waals surface area contributed by atoms with Crippen molar-refractivity contribution < 1.29 is 14.7 Å². The first kappa shape index (κ1) is 17.5. The Morgan fingerprint density at radius 3 is 2.48 bits per heavy atom. The van der Waals surface area contributed by atoms with Gasteiger partial charge < -0.3 is 15.7 Å². The Morgan fingerprint density at radius 2 is 1.83 bits per heavy atom. The van der Waals surface area contributed by atoms with Crippen LogP contribution in [0.2, 0.25) is 5.02 Å². The van der Waals surface area contributed by atoms with E-state index in [1.54, 1.807) is 24.3 Å². The van der Waals surface area contributed by atoms with Gasteiger partial charge in [0.25, 0.3) is 0 Å². The van der Waals surface area contributed by atoms with Crippen LogP contribution in [0.3, 0.4) is 0 Å². The molecule has 1 unspecified atom stereocenters. The largest absolute Gasteiger partial charge is 0.388 e. The number of hydrogen-bond acceptors (Lipinski definition) is 4. The number of halogens is 1. The minimum absolute atomic E-state index is 0.226. The van der Waals surface area contributed by atoms with Gasteiger partial charge in [-0.15, -0.1) is 0 Å². The zero-order valence-corrected chi connectivity index (χ0v) is 13.9. The standard InChI is InChI=1S/C16H17ClN2O3S/c17-13-3-1-11(2-4-13)9-19-16(22)15(21)18-7-5-14(20)12-6-8-23-10-12/h1-4,6,8,10,14,20H,5,7,9H2,(H,18,21)(H,19,22). The van der Waals surface area contributed by atoms with Crippen LogP contribution in [0.15, 0.2) is 41.1 Å². The van der Waals surface area contributed by atoms with Crippen LogP contribution in [0.25, 0.3) is 0 Å². The van der Waals surface area contributed by atoms with Crippen LogP contribution in [0.5, 0.6) is 0 Å². The lowest BCUT2D eigenvalue weighted by molar-refractivity contribution is -0.139. The number of amides is 2. The molecule has 0 fully saturated rings. The highest BCUT2D eigenvalue weighted by Gasteiger charge is 2.14.